The van der Waals surface area contributed by atoms with Crippen molar-refractivity contribution >= 4 is 0 Å². The molecule has 1 aromatic heterocycles. The van der Waals surface area contributed by atoms with Crippen molar-refractivity contribution in [3.63, 3.8) is 0 Å². The summed E-state index contributed by atoms with van der Waals surface area (Å²) in [4.78, 5) is 4.29. The average molecular weight is 169 g/mol. The third-order valence-electron chi connectivity index (χ3n) is 1.44. The molecule has 1 aromatic rings. The lowest BCUT2D eigenvalue weighted by atomic mass is 10.8. The van der Waals surface area contributed by atoms with Gasteiger partial charge < -0.3 is 9.13 Å². The topological polar surface area (TPSA) is 22.2 Å². The molecule has 70 valence electrons. The first-order valence-corrected chi connectivity index (χ1v) is 4.44. The first-order valence-electron chi connectivity index (χ1n) is 4.44. The summed E-state index contributed by atoms with van der Waals surface area (Å²) >= 11 is 0. The normalized spacial score (nSPS) is 8.75. The first kappa shape index (κ1) is 11.0. The van der Waals surface area contributed by atoms with Gasteiger partial charge in [0, 0.05) is 33.0 Å². The first-order chi connectivity index (χ1) is 5.75. The highest BCUT2D eigenvalue weighted by Gasteiger charge is 1.88. The lowest BCUT2D eigenvalue weighted by Crippen LogP contribution is -2.21. The van der Waals surface area contributed by atoms with Crippen molar-refractivity contribution < 1.29 is 0 Å². The van der Waals surface area contributed by atoms with E-state index in [-0.39, 0.29) is 0 Å². The highest BCUT2D eigenvalue weighted by molar-refractivity contribution is 4.76. The van der Waals surface area contributed by atoms with Crippen molar-refractivity contribution in [3.05, 3.63) is 18.0 Å². The van der Waals surface area contributed by atoms with Crippen LogP contribution in [0, 0.1) is 0 Å². The minimum Gasteiger partial charge on any atom is -0.321 e. The van der Waals surface area contributed by atoms with Crippen LogP contribution in [0.25, 0.3) is 0 Å². The Morgan fingerprint density at radius 1 is 1.17 bits per heavy atom. The third kappa shape index (κ3) is 2.57. The van der Waals surface area contributed by atoms with Gasteiger partial charge in [0.2, 0.25) is 5.62 Å². The summed E-state index contributed by atoms with van der Waals surface area (Å²) in [5.74, 6) is 0. The fourth-order valence-corrected chi connectivity index (χ4v) is 0.947. The van der Waals surface area contributed by atoms with Gasteiger partial charge >= 0.3 is 0 Å². The van der Waals surface area contributed by atoms with Gasteiger partial charge in [-0.05, 0) is 6.92 Å². The SMILES string of the molecule is CC.CCN=c1n(C)ccn1C. The van der Waals surface area contributed by atoms with Gasteiger partial charge in [0.25, 0.3) is 0 Å². The van der Waals surface area contributed by atoms with Gasteiger partial charge in [-0.2, -0.15) is 0 Å². The maximum atomic E-state index is 4.29. The summed E-state index contributed by atoms with van der Waals surface area (Å²) in [6.07, 6.45) is 3.99. The van der Waals surface area contributed by atoms with Crippen molar-refractivity contribution in [2.45, 2.75) is 20.8 Å². The van der Waals surface area contributed by atoms with E-state index < -0.39 is 0 Å². The van der Waals surface area contributed by atoms with Gasteiger partial charge in [0.05, 0.1) is 0 Å². The Morgan fingerprint density at radius 3 is 1.92 bits per heavy atom. The molecule has 12 heavy (non-hydrogen) atoms. The Labute approximate surface area is 74.4 Å². The molecule has 0 fully saturated rings. The molecular formula is C9H19N3. The van der Waals surface area contributed by atoms with Crippen LogP contribution in [0.1, 0.15) is 20.8 Å². The summed E-state index contributed by atoms with van der Waals surface area (Å²) in [6.45, 7) is 6.87. The molecule has 0 atom stereocenters. The second-order valence-electron chi connectivity index (χ2n) is 2.29. The van der Waals surface area contributed by atoms with E-state index >= 15 is 0 Å². The van der Waals surface area contributed by atoms with Crippen molar-refractivity contribution in [1.29, 1.82) is 0 Å². The lowest BCUT2D eigenvalue weighted by Gasteiger charge is -1.91. The number of nitrogens with zero attached hydrogens (tertiary/aromatic N) is 3. The molecule has 3 nitrogen and oxygen atoms in total. The molecule has 0 unspecified atom stereocenters. The van der Waals surface area contributed by atoms with Crippen molar-refractivity contribution in [1.82, 2.24) is 9.13 Å². The van der Waals surface area contributed by atoms with E-state index in [1.807, 2.05) is 56.4 Å². The summed E-state index contributed by atoms with van der Waals surface area (Å²) < 4.78 is 4.01. The standard InChI is InChI=1S/C7H13N3.C2H6/c1-4-8-7-9(2)5-6-10(7)3;1-2/h5-6H,4H2,1-3H3;1-2H3. The van der Waals surface area contributed by atoms with Gasteiger partial charge in [-0.25, -0.2) is 0 Å². The highest BCUT2D eigenvalue weighted by atomic mass is 15.2. The molecule has 0 aromatic carbocycles. The summed E-state index contributed by atoms with van der Waals surface area (Å²) in [6, 6.07) is 0. The van der Waals surface area contributed by atoms with Crippen LogP contribution in [-0.2, 0) is 14.1 Å². The largest absolute Gasteiger partial charge is 0.321 e. The lowest BCUT2D eigenvalue weighted by molar-refractivity contribution is 0.724. The zero-order valence-corrected chi connectivity index (χ0v) is 8.70. The predicted molar refractivity (Wildman–Crippen MR) is 51.8 cm³/mol. The van der Waals surface area contributed by atoms with E-state index in [1.165, 1.54) is 0 Å². The molecule has 1 heterocycles. The Kier molecular flexibility index (Phi) is 5.17. The van der Waals surface area contributed by atoms with Crippen LogP contribution in [0.4, 0.5) is 0 Å². The average Bonchev–Trinajstić information content (AvgIpc) is 2.40. The maximum absolute atomic E-state index is 4.29. The number of aryl methyl sites for hydroxylation is 2. The second-order valence-corrected chi connectivity index (χ2v) is 2.29. The van der Waals surface area contributed by atoms with E-state index in [0.717, 1.165) is 12.2 Å². The fraction of sp³-hybridized carbons (Fsp3) is 0.667. The van der Waals surface area contributed by atoms with E-state index in [4.69, 9.17) is 0 Å². The van der Waals surface area contributed by atoms with E-state index in [1.54, 1.807) is 0 Å². The van der Waals surface area contributed by atoms with Gasteiger partial charge in [0.1, 0.15) is 0 Å². The maximum Gasteiger partial charge on any atom is 0.204 e. The molecule has 0 aliphatic rings. The van der Waals surface area contributed by atoms with E-state index in [9.17, 15) is 0 Å². The minimum atomic E-state index is 0.839. The molecule has 0 saturated carbocycles. The van der Waals surface area contributed by atoms with Crippen LogP contribution in [-0.4, -0.2) is 15.7 Å². The molecule has 0 radical (unpaired) electrons. The summed E-state index contributed by atoms with van der Waals surface area (Å²) in [5.41, 5.74) is 1.02. The van der Waals surface area contributed by atoms with Crippen molar-refractivity contribution in [2.75, 3.05) is 6.54 Å². The van der Waals surface area contributed by atoms with Crippen LogP contribution in [0.3, 0.4) is 0 Å². The molecule has 0 amide bonds. The van der Waals surface area contributed by atoms with Crippen molar-refractivity contribution in [2.24, 2.45) is 19.1 Å². The third-order valence-corrected chi connectivity index (χ3v) is 1.44. The molecule has 0 N–H and O–H groups in total. The molecule has 0 spiro atoms. The Hall–Kier alpha value is -0.990. The predicted octanol–water partition coefficient (Wildman–Crippen LogP) is 1.31. The number of imidazole rings is 1. The molecule has 0 bridgehead atoms. The van der Waals surface area contributed by atoms with Gasteiger partial charge in [-0.1, -0.05) is 13.8 Å². The number of hydrogen-bond acceptors (Lipinski definition) is 1. The molecular weight excluding hydrogens is 150 g/mol. The summed E-state index contributed by atoms with van der Waals surface area (Å²) in [7, 11) is 3.99. The van der Waals surface area contributed by atoms with Crippen LogP contribution >= 0.6 is 0 Å². The van der Waals surface area contributed by atoms with Gasteiger partial charge in [-0.15, -0.1) is 0 Å². The molecule has 1 rings (SSSR count). The zero-order chi connectivity index (χ0) is 9.56. The Morgan fingerprint density at radius 2 is 1.58 bits per heavy atom. The molecule has 0 aliphatic heterocycles. The van der Waals surface area contributed by atoms with Crippen LogP contribution < -0.4 is 5.62 Å². The molecule has 0 aliphatic carbocycles. The Bertz CT molecular complexity index is 245. The zero-order valence-electron chi connectivity index (χ0n) is 8.70. The Balaban J connectivity index is 0.000000561. The van der Waals surface area contributed by atoms with E-state index in [2.05, 4.69) is 4.99 Å². The van der Waals surface area contributed by atoms with E-state index in [0.29, 0.717) is 0 Å². The fourth-order valence-electron chi connectivity index (χ4n) is 0.947. The summed E-state index contributed by atoms with van der Waals surface area (Å²) in [5, 5.41) is 0. The highest BCUT2D eigenvalue weighted by Crippen LogP contribution is 1.75. The van der Waals surface area contributed by atoms with Crippen LogP contribution in [0.5, 0.6) is 0 Å². The number of rotatable bonds is 1. The smallest absolute Gasteiger partial charge is 0.204 e. The van der Waals surface area contributed by atoms with Gasteiger partial charge in [0.15, 0.2) is 0 Å². The van der Waals surface area contributed by atoms with Crippen LogP contribution in [0.15, 0.2) is 17.4 Å². The van der Waals surface area contributed by atoms with Crippen molar-refractivity contribution in [3.8, 4) is 0 Å². The number of hydrogen-bond donors (Lipinski definition) is 0. The molecule has 3 heteroatoms. The quantitative estimate of drug-likeness (QED) is 0.605. The van der Waals surface area contributed by atoms with Crippen LogP contribution in [0.2, 0.25) is 0 Å². The second kappa shape index (κ2) is 5.63. The minimum absolute atomic E-state index is 0.839. The monoisotopic (exact) mass is 169 g/mol. The van der Waals surface area contributed by atoms with Gasteiger partial charge in [-0.3, -0.25) is 4.99 Å². The molecule has 0 saturated heterocycles. The number of aromatic nitrogens is 2.